The summed E-state index contributed by atoms with van der Waals surface area (Å²) in [5, 5.41) is 13.5. The Balaban J connectivity index is 2.43. The number of benzene rings is 2. The van der Waals surface area contributed by atoms with Crippen molar-refractivity contribution < 1.29 is 0 Å². The van der Waals surface area contributed by atoms with Crippen LogP contribution in [0.5, 0.6) is 0 Å². The van der Waals surface area contributed by atoms with Crippen LogP contribution in [0.2, 0.25) is 10.0 Å². The number of nitrogens with zero attached hydrogens (tertiary/aromatic N) is 1. The summed E-state index contributed by atoms with van der Waals surface area (Å²) in [5.41, 5.74) is 2.00. The average molecular weight is 402 g/mol. The van der Waals surface area contributed by atoms with E-state index in [1.807, 2.05) is 30.3 Å². The largest absolute Gasteiger partial charge is 0.353 e. The van der Waals surface area contributed by atoms with Crippen LogP contribution < -0.4 is 5.32 Å². The average Bonchev–Trinajstić information content (AvgIpc) is 2.48. The molecule has 0 saturated heterocycles. The third-order valence-electron chi connectivity index (χ3n) is 2.74. The van der Waals surface area contributed by atoms with Gasteiger partial charge < -0.3 is 5.32 Å². The molecule has 0 aliphatic rings. The maximum absolute atomic E-state index is 9.40. The second-order valence-electron chi connectivity index (χ2n) is 4.07. The summed E-state index contributed by atoms with van der Waals surface area (Å²) in [6, 6.07) is 11.6. The van der Waals surface area contributed by atoms with Gasteiger partial charge in [-0.25, -0.2) is 0 Å². The quantitative estimate of drug-likeness (QED) is 0.470. The fraction of sp³-hybridized carbons (Fsp3) is 0.133. The lowest BCUT2D eigenvalue weighted by Crippen LogP contribution is -1.96. The van der Waals surface area contributed by atoms with Gasteiger partial charge in [-0.1, -0.05) is 36.2 Å². The minimum Gasteiger partial charge on any atom is -0.353 e. The molecule has 0 saturated carbocycles. The van der Waals surface area contributed by atoms with E-state index in [0.29, 0.717) is 21.3 Å². The number of hydrogen-bond acceptors (Lipinski definition) is 3. The molecule has 0 unspecified atom stereocenters. The van der Waals surface area contributed by atoms with E-state index < -0.39 is 0 Å². The molecule has 0 atom stereocenters. The van der Waals surface area contributed by atoms with Crippen molar-refractivity contribution in [2.45, 2.75) is 11.8 Å². The van der Waals surface area contributed by atoms with E-state index in [1.54, 1.807) is 11.8 Å². The molecule has 6 heteroatoms. The topological polar surface area (TPSA) is 35.8 Å². The first-order valence-electron chi connectivity index (χ1n) is 6.15. The fourth-order valence-electron chi connectivity index (χ4n) is 1.79. The van der Waals surface area contributed by atoms with Gasteiger partial charge in [0, 0.05) is 9.37 Å². The number of anilines is 2. The van der Waals surface area contributed by atoms with Crippen molar-refractivity contribution in [3.05, 3.63) is 50.4 Å². The van der Waals surface area contributed by atoms with Gasteiger partial charge in [0.1, 0.15) is 6.07 Å². The van der Waals surface area contributed by atoms with Gasteiger partial charge in [-0.15, -0.1) is 11.8 Å². The molecule has 0 fully saturated rings. The van der Waals surface area contributed by atoms with Crippen molar-refractivity contribution in [2.75, 3.05) is 11.1 Å². The Bertz CT molecular complexity index is 714. The van der Waals surface area contributed by atoms with E-state index >= 15 is 0 Å². The van der Waals surface area contributed by atoms with Gasteiger partial charge in [-0.2, -0.15) is 5.26 Å². The number of rotatable bonds is 4. The Hall–Kier alpha value is -0.860. The third-order valence-corrected chi connectivity index (χ3v) is 5.45. The highest BCUT2D eigenvalue weighted by Gasteiger charge is 2.12. The molecule has 0 spiro atoms. The lowest BCUT2D eigenvalue weighted by molar-refractivity contribution is 1.34. The van der Waals surface area contributed by atoms with E-state index in [2.05, 4.69) is 34.2 Å². The maximum Gasteiger partial charge on any atom is 0.103 e. The molecule has 1 N–H and O–H groups in total. The first kappa shape index (κ1) is 16.5. The van der Waals surface area contributed by atoms with Crippen molar-refractivity contribution >= 4 is 62.3 Å². The van der Waals surface area contributed by atoms with Gasteiger partial charge in [0.2, 0.25) is 0 Å². The Morgan fingerprint density at radius 1 is 1.19 bits per heavy atom. The minimum absolute atomic E-state index is 0.420. The minimum atomic E-state index is 0.420. The molecular weight excluding hydrogens is 391 g/mol. The van der Waals surface area contributed by atoms with Gasteiger partial charge in [0.15, 0.2) is 0 Å². The van der Waals surface area contributed by atoms with Crippen LogP contribution in [0.4, 0.5) is 11.4 Å². The summed E-state index contributed by atoms with van der Waals surface area (Å²) in [6.45, 7) is 2.05. The molecule has 2 nitrogen and oxygen atoms in total. The highest BCUT2D eigenvalue weighted by atomic mass is 79.9. The number of thioether (sulfide) groups is 1. The number of halogens is 3. The highest BCUT2D eigenvalue weighted by molar-refractivity contribution is 9.10. The van der Waals surface area contributed by atoms with Crippen LogP contribution in [0, 0.1) is 11.3 Å². The molecule has 0 aromatic heterocycles. The molecule has 21 heavy (non-hydrogen) atoms. The van der Waals surface area contributed by atoms with Crippen molar-refractivity contribution in [1.29, 1.82) is 5.26 Å². The second-order valence-corrected chi connectivity index (χ2v) is 6.99. The van der Waals surface area contributed by atoms with Crippen LogP contribution >= 0.6 is 50.9 Å². The van der Waals surface area contributed by atoms with Crippen molar-refractivity contribution in [1.82, 2.24) is 0 Å². The van der Waals surface area contributed by atoms with Crippen molar-refractivity contribution in [2.24, 2.45) is 0 Å². The van der Waals surface area contributed by atoms with Gasteiger partial charge in [-0.05, 0) is 45.9 Å². The van der Waals surface area contributed by atoms with E-state index in [1.165, 1.54) is 0 Å². The summed E-state index contributed by atoms with van der Waals surface area (Å²) in [7, 11) is 0. The molecule has 0 aliphatic heterocycles. The smallest absolute Gasteiger partial charge is 0.103 e. The van der Waals surface area contributed by atoms with Crippen LogP contribution in [0.25, 0.3) is 0 Å². The zero-order chi connectivity index (χ0) is 15.4. The SMILES string of the molecule is CCSc1cccc(Nc2ccc(Br)c(Cl)c2Cl)c1C#N. The first-order valence-corrected chi connectivity index (χ1v) is 8.68. The molecule has 108 valence electrons. The zero-order valence-corrected chi connectivity index (χ0v) is 15.0. The predicted molar refractivity (Wildman–Crippen MR) is 95.0 cm³/mol. The van der Waals surface area contributed by atoms with Gasteiger partial charge >= 0.3 is 0 Å². The van der Waals surface area contributed by atoms with Crippen LogP contribution in [-0.2, 0) is 0 Å². The van der Waals surface area contributed by atoms with E-state index in [0.717, 1.165) is 20.8 Å². The maximum atomic E-state index is 9.40. The molecule has 0 heterocycles. The molecule has 0 radical (unpaired) electrons. The van der Waals surface area contributed by atoms with Crippen LogP contribution in [0.3, 0.4) is 0 Å². The van der Waals surface area contributed by atoms with Crippen molar-refractivity contribution in [3.8, 4) is 6.07 Å². The molecule has 2 aromatic carbocycles. The molecule has 0 aliphatic carbocycles. The summed E-state index contributed by atoms with van der Waals surface area (Å²) in [4.78, 5) is 0.948. The standard InChI is InChI=1S/C15H11BrCl2N2S/c1-2-21-13-5-3-4-11(9(13)8-19)20-12-7-6-10(16)14(17)15(12)18/h3-7,20H,2H2,1H3. The Labute approximate surface area is 146 Å². The van der Waals surface area contributed by atoms with Gasteiger partial charge in [0.05, 0.1) is 27.0 Å². The number of hydrogen-bond donors (Lipinski definition) is 1. The summed E-state index contributed by atoms with van der Waals surface area (Å²) < 4.78 is 0.732. The number of nitrogens with one attached hydrogen (secondary N) is 1. The van der Waals surface area contributed by atoms with E-state index in [-0.39, 0.29) is 0 Å². The Morgan fingerprint density at radius 2 is 1.95 bits per heavy atom. The Morgan fingerprint density at radius 3 is 2.62 bits per heavy atom. The summed E-state index contributed by atoms with van der Waals surface area (Å²) in [6.07, 6.45) is 0. The molecule has 2 rings (SSSR count). The van der Waals surface area contributed by atoms with Crippen LogP contribution in [-0.4, -0.2) is 5.75 Å². The third kappa shape index (κ3) is 3.67. The monoisotopic (exact) mass is 400 g/mol. The van der Waals surface area contributed by atoms with Crippen molar-refractivity contribution in [3.63, 3.8) is 0 Å². The normalized spacial score (nSPS) is 10.2. The lowest BCUT2D eigenvalue weighted by atomic mass is 10.2. The van der Waals surface area contributed by atoms with Gasteiger partial charge in [-0.3, -0.25) is 0 Å². The van der Waals surface area contributed by atoms with Gasteiger partial charge in [0.25, 0.3) is 0 Å². The lowest BCUT2D eigenvalue weighted by Gasteiger charge is -2.13. The fourth-order valence-corrected chi connectivity index (χ4v) is 3.40. The zero-order valence-electron chi connectivity index (χ0n) is 11.1. The Kier molecular flexibility index (Phi) is 5.83. The highest BCUT2D eigenvalue weighted by Crippen LogP contribution is 2.38. The summed E-state index contributed by atoms with van der Waals surface area (Å²) in [5.74, 6) is 0.906. The first-order chi connectivity index (χ1) is 10.1. The van der Waals surface area contributed by atoms with Crippen LogP contribution in [0.15, 0.2) is 39.7 Å². The molecular formula is C15H11BrCl2N2S. The molecule has 0 amide bonds. The number of nitriles is 1. The molecule has 0 bridgehead atoms. The van der Waals surface area contributed by atoms with E-state index in [9.17, 15) is 5.26 Å². The second kappa shape index (κ2) is 7.42. The van der Waals surface area contributed by atoms with E-state index in [4.69, 9.17) is 23.2 Å². The summed E-state index contributed by atoms with van der Waals surface area (Å²) >= 11 is 17.3. The van der Waals surface area contributed by atoms with Crippen LogP contribution in [0.1, 0.15) is 12.5 Å². The molecule has 2 aromatic rings. The predicted octanol–water partition coefficient (Wildman–Crippen LogP) is 6.48.